The van der Waals surface area contributed by atoms with E-state index in [1.54, 1.807) is 0 Å². The Labute approximate surface area is 366 Å². The van der Waals surface area contributed by atoms with E-state index < -0.39 is 45.8 Å². The number of phosphoric acid groups is 1. The van der Waals surface area contributed by atoms with Crippen molar-refractivity contribution in [3.63, 3.8) is 0 Å². The van der Waals surface area contributed by atoms with E-state index in [9.17, 15) is 19.4 Å². The van der Waals surface area contributed by atoms with Crippen molar-refractivity contribution in [2.75, 3.05) is 33.0 Å². The first kappa shape index (κ1) is 57.6. The van der Waals surface area contributed by atoms with Crippen LogP contribution >= 0.6 is 7.82 Å². The van der Waals surface area contributed by atoms with Gasteiger partial charge in [-0.2, -0.15) is 0 Å². The maximum atomic E-state index is 12.7. The summed E-state index contributed by atoms with van der Waals surface area (Å²) in [5.41, 5.74) is 0. The Morgan fingerprint density at radius 2 is 0.950 bits per heavy atom. The molecule has 0 saturated heterocycles. The fourth-order valence-corrected chi connectivity index (χ4v) is 6.79. The number of allylic oxidation sites excluding steroid dienone is 14. The summed E-state index contributed by atoms with van der Waals surface area (Å²) >= 11 is 0. The van der Waals surface area contributed by atoms with E-state index in [0.717, 1.165) is 103 Å². The van der Waals surface area contributed by atoms with Crippen LogP contribution in [0.15, 0.2) is 85.1 Å². The molecule has 0 aromatic carbocycles. The zero-order valence-electron chi connectivity index (χ0n) is 37.9. The van der Waals surface area contributed by atoms with Gasteiger partial charge in [-0.05, 0) is 89.9 Å². The predicted molar refractivity (Wildman–Crippen MR) is 251 cm³/mol. The molecule has 0 aliphatic rings. The lowest BCUT2D eigenvalue weighted by atomic mass is 10.1. The maximum absolute atomic E-state index is 12.7. The highest BCUT2D eigenvalue weighted by atomic mass is 31.2. The van der Waals surface area contributed by atoms with Gasteiger partial charge < -0.3 is 24.6 Å². The minimum atomic E-state index is -4.53. The van der Waals surface area contributed by atoms with Crippen molar-refractivity contribution >= 4 is 13.8 Å². The van der Waals surface area contributed by atoms with E-state index in [0.29, 0.717) is 13.0 Å². The van der Waals surface area contributed by atoms with Gasteiger partial charge in [0.05, 0.1) is 26.4 Å². The van der Waals surface area contributed by atoms with E-state index >= 15 is 0 Å². The molecule has 0 spiro atoms. The summed E-state index contributed by atoms with van der Waals surface area (Å²) < 4.78 is 33.4. The second-order valence-electron chi connectivity index (χ2n) is 15.4. The van der Waals surface area contributed by atoms with Crippen molar-refractivity contribution in [1.82, 2.24) is 0 Å². The smallest absolute Gasteiger partial charge is 0.457 e. The van der Waals surface area contributed by atoms with Crippen molar-refractivity contribution in [1.29, 1.82) is 0 Å². The third kappa shape index (κ3) is 45.2. The number of aliphatic hydroxyl groups excluding tert-OH is 2. The second kappa shape index (κ2) is 46.2. The minimum absolute atomic E-state index is 0.0315. The molecular weight excluding hydrogens is 776 g/mol. The molecule has 0 amide bonds. The van der Waals surface area contributed by atoms with Gasteiger partial charge in [-0.1, -0.05) is 170 Å². The van der Waals surface area contributed by atoms with Crippen LogP contribution in [0.4, 0.5) is 0 Å². The summed E-state index contributed by atoms with van der Waals surface area (Å²) in [7, 11) is -4.53. The molecule has 9 nitrogen and oxygen atoms in total. The fraction of sp³-hybridized carbons (Fsp3) is 0.700. The SMILES string of the molecule is CC/C=C\C/C=C\C/C=C\C/C=C\CCCCCCCCC(=O)OC(COCCCCCCCCC/C=C\C/C=C\C/C=C\CCCCC)COP(=O)(O)OCC(O)CO. The highest BCUT2D eigenvalue weighted by Crippen LogP contribution is 2.43. The topological polar surface area (TPSA) is 132 Å². The van der Waals surface area contributed by atoms with Crippen molar-refractivity contribution in [3.05, 3.63) is 85.1 Å². The van der Waals surface area contributed by atoms with Crippen LogP contribution in [-0.4, -0.2) is 66.3 Å². The molecule has 346 valence electrons. The van der Waals surface area contributed by atoms with Crippen LogP contribution in [0, 0.1) is 0 Å². The molecular formula is C50H87O9P. The Bertz CT molecular complexity index is 1210. The van der Waals surface area contributed by atoms with Gasteiger partial charge in [0.1, 0.15) is 12.2 Å². The van der Waals surface area contributed by atoms with Crippen LogP contribution in [0.25, 0.3) is 0 Å². The number of hydrogen-bond donors (Lipinski definition) is 3. The summed E-state index contributed by atoms with van der Waals surface area (Å²) in [6.45, 7) is 3.32. The second-order valence-corrected chi connectivity index (χ2v) is 16.8. The van der Waals surface area contributed by atoms with Crippen LogP contribution < -0.4 is 0 Å². The minimum Gasteiger partial charge on any atom is -0.457 e. The van der Waals surface area contributed by atoms with Crippen LogP contribution in [0.2, 0.25) is 0 Å². The van der Waals surface area contributed by atoms with Gasteiger partial charge in [0, 0.05) is 13.0 Å². The summed E-state index contributed by atoms with van der Waals surface area (Å²) in [6, 6.07) is 0. The predicted octanol–water partition coefficient (Wildman–Crippen LogP) is 13.5. The Morgan fingerprint density at radius 3 is 1.43 bits per heavy atom. The lowest BCUT2D eigenvalue weighted by Gasteiger charge is -2.20. The number of carbonyl (C=O) groups is 1. The number of ether oxygens (including phenoxy) is 2. The van der Waals surface area contributed by atoms with Gasteiger partial charge in [-0.15, -0.1) is 0 Å². The van der Waals surface area contributed by atoms with Crippen molar-refractivity contribution < 1.29 is 43.0 Å². The monoisotopic (exact) mass is 863 g/mol. The molecule has 3 atom stereocenters. The molecule has 0 aliphatic heterocycles. The van der Waals surface area contributed by atoms with Crippen LogP contribution in [0.5, 0.6) is 0 Å². The number of carbonyl (C=O) groups excluding carboxylic acids is 1. The Morgan fingerprint density at radius 1 is 0.533 bits per heavy atom. The van der Waals surface area contributed by atoms with Crippen molar-refractivity contribution in [2.24, 2.45) is 0 Å². The average Bonchev–Trinajstić information content (AvgIpc) is 3.24. The molecule has 0 aliphatic carbocycles. The lowest BCUT2D eigenvalue weighted by Crippen LogP contribution is -2.29. The highest BCUT2D eigenvalue weighted by molar-refractivity contribution is 7.47. The molecule has 10 heteroatoms. The Balaban J connectivity index is 4.20. The standard InChI is InChI=1S/C50H87O9P/c1-3-5-7-9-11-13-15-17-19-21-23-25-27-29-31-33-35-37-39-41-43-56-46-49(47-58-60(54,55)57-45-48(52)44-51)59-50(53)42-40-38-36-34-32-30-28-26-24-22-20-18-16-14-12-10-8-6-4-2/h6,8,11-14,17-20,23-26,48-49,51-52H,3-5,7,9-10,15-16,21-22,27-47H2,1-2H3,(H,54,55)/b8-6-,13-11-,14-12-,19-17-,20-18-,25-23-,26-24-. The van der Waals surface area contributed by atoms with Gasteiger partial charge in [-0.25, -0.2) is 4.57 Å². The molecule has 3 N–H and O–H groups in total. The molecule has 0 aromatic heterocycles. The molecule has 0 saturated carbocycles. The summed E-state index contributed by atoms with van der Waals surface area (Å²) in [5.74, 6) is -0.403. The summed E-state index contributed by atoms with van der Waals surface area (Å²) in [6.07, 6.45) is 56.8. The van der Waals surface area contributed by atoms with Gasteiger partial charge in [0.15, 0.2) is 0 Å². The molecule has 0 aromatic rings. The maximum Gasteiger partial charge on any atom is 0.472 e. The number of unbranched alkanes of at least 4 members (excludes halogenated alkanes) is 16. The normalized spacial score (nSPS) is 14.7. The zero-order valence-corrected chi connectivity index (χ0v) is 38.8. The van der Waals surface area contributed by atoms with Gasteiger partial charge in [-0.3, -0.25) is 13.8 Å². The lowest BCUT2D eigenvalue weighted by molar-refractivity contribution is -0.154. The Hall–Kier alpha value is -2.36. The largest absolute Gasteiger partial charge is 0.472 e. The van der Waals surface area contributed by atoms with E-state index in [2.05, 4.69) is 98.9 Å². The molecule has 60 heavy (non-hydrogen) atoms. The Kier molecular flexibility index (Phi) is 44.3. The number of hydrogen-bond acceptors (Lipinski definition) is 8. The molecule has 0 bridgehead atoms. The quantitative estimate of drug-likeness (QED) is 0.0237. The van der Waals surface area contributed by atoms with E-state index in [1.165, 1.54) is 51.4 Å². The molecule has 0 fully saturated rings. The van der Waals surface area contributed by atoms with Crippen LogP contribution in [-0.2, 0) is 27.9 Å². The van der Waals surface area contributed by atoms with Crippen LogP contribution in [0.1, 0.15) is 181 Å². The number of rotatable bonds is 44. The molecule has 0 heterocycles. The first-order valence-corrected chi connectivity index (χ1v) is 25.1. The van der Waals surface area contributed by atoms with Crippen molar-refractivity contribution in [3.8, 4) is 0 Å². The summed E-state index contributed by atoms with van der Waals surface area (Å²) in [5, 5.41) is 18.4. The third-order valence-corrected chi connectivity index (χ3v) is 10.5. The van der Waals surface area contributed by atoms with Gasteiger partial charge in [0.2, 0.25) is 0 Å². The summed E-state index contributed by atoms with van der Waals surface area (Å²) in [4.78, 5) is 22.6. The van der Waals surface area contributed by atoms with E-state index in [1.807, 2.05) is 0 Å². The first-order chi connectivity index (χ1) is 29.3. The fourth-order valence-electron chi connectivity index (χ4n) is 6.00. The first-order valence-electron chi connectivity index (χ1n) is 23.6. The van der Waals surface area contributed by atoms with Crippen LogP contribution in [0.3, 0.4) is 0 Å². The van der Waals surface area contributed by atoms with E-state index in [-0.39, 0.29) is 13.0 Å². The number of aliphatic hydroxyl groups is 2. The van der Waals surface area contributed by atoms with Crippen molar-refractivity contribution in [2.45, 2.75) is 193 Å². The molecule has 0 radical (unpaired) electrons. The number of esters is 1. The highest BCUT2D eigenvalue weighted by Gasteiger charge is 2.26. The zero-order chi connectivity index (χ0) is 43.9. The average molecular weight is 863 g/mol. The molecule has 3 unspecified atom stereocenters. The molecule has 0 rings (SSSR count). The van der Waals surface area contributed by atoms with E-state index in [4.69, 9.17) is 23.6 Å². The van der Waals surface area contributed by atoms with Gasteiger partial charge >= 0.3 is 13.8 Å². The van der Waals surface area contributed by atoms with Gasteiger partial charge in [0.25, 0.3) is 0 Å². The number of phosphoric ester groups is 1. The third-order valence-electron chi connectivity index (χ3n) is 9.56.